The Balaban J connectivity index is 1.72. The van der Waals surface area contributed by atoms with Gasteiger partial charge in [-0.05, 0) is 42.3 Å². The predicted octanol–water partition coefficient (Wildman–Crippen LogP) is 4.36. The fourth-order valence-electron chi connectivity index (χ4n) is 2.08. The molecule has 0 aliphatic heterocycles. The van der Waals surface area contributed by atoms with Gasteiger partial charge in [-0.1, -0.05) is 30.7 Å². The summed E-state index contributed by atoms with van der Waals surface area (Å²) in [6.07, 6.45) is 1.03. The van der Waals surface area contributed by atoms with E-state index in [9.17, 15) is 0 Å². The first-order valence-corrected chi connectivity index (χ1v) is 6.98. The van der Waals surface area contributed by atoms with Gasteiger partial charge in [-0.15, -0.1) is 0 Å². The third-order valence-corrected chi connectivity index (χ3v) is 3.44. The molecular formula is C16H15ClN2O. The van der Waals surface area contributed by atoms with Crippen LogP contribution in [0, 0.1) is 0 Å². The summed E-state index contributed by atoms with van der Waals surface area (Å²) in [4.78, 5) is 7.67. The van der Waals surface area contributed by atoms with Crippen molar-refractivity contribution in [2.75, 3.05) is 0 Å². The van der Waals surface area contributed by atoms with Gasteiger partial charge in [0, 0.05) is 5.02 Å². The highest BCUT2D eigenvalue weighted by molar-refractivity contribution is 6.31. The Morgan fingerprint density at radius 3 is 2.70 bits per heavy atom. The lowest BCUT2D eigenvalue weighted by Gasteiger charge is -2.04. The van der Waals surface area contributed by atoms with Crippen molar-refractivity contribution in [2.45, 2.75) is 20.0 Å². The van der Waals surface area contributed by atoms with Crippen molar-refractivity contribution in [3.63, 3.8) is 0 Å². The summed E-state index contributed by atoms with van der Waals surface area (Å²) in [5.74, 6) is 1.64. The number of ether oxygens (including phenoxy) is 1. The molecule has 0 unspecified atom stereocenters. The van der Waals surface area contributed by atoms with Crippen LogP contribution in [0.2, 0.25) is 5.02 Å². The number of H-pyrrole nitrogens is 1. The highest BCUT2D eigenvalue weighted by atomic mass is 35.5. The number of imidazole rings is 1. The van der Waals surface area contributed by atoms with Crippen molar-refractivity contribution in [3.05, 3.63) is 58.9 Å². The number of nitrogens with zero attached hydrogens (tertiary/aromatic N) is 1. The Morgan fingerprint density at radius 1 is 1.15 bits per heavy atom. The molecule has 0 amide bonds. The normalized spacial score (nSPS) is 10.9. The molecule has 0 aliphatic rings. The topological polar surface area (TPSA) is 37.9 Å². The van der Waals surface area contributed by atoms with Crippen molar-refractivity contribution in [1.82, 2.24) is 9.97 Å². The van der Waals surface area contributed by atoms with Gasteiger partial charge >= 0.3 is 0 Å². The third kappa shape index (κ3) is 2.78. The fourth-order valence-corrected chi connectivity index (χ4v) is 2.25. The molecule has 1 aromatic heterocycles. The van der Waals surface area contributed by atoms with Crippen LogP contribution in [0.25, 0.3) is 11.0 Å². The SMILES string of the molecule is CCc1ccc(OCc2nc3ccc(Cl)cc3[nH]2)cc1. The quantitative estimate of drug-likeness (QED) is 0.774. The molecule has 3 nitrogen and oxygen atoms in total. The zero-order valence-corrected chi connectivity index (χ0v) is 11.9. The second kappa shape index (κ2) is 5.55. The van der Waals surface area contributed by atoms with E-state index in [0.717, 1.165) is 29.0 Å². The smallest absolute Gasteiger partial charge is 0.146 e. The maximum Gasteiger partial charge on any atom is 0.146 e. The summed E-state index contributed by atoms with van der Waals surface area (Å²) in [5, 5.41) is 0.698. The average molecular weight is 287 g/mol. The summed E-state index contributed by atoms with van der Waals surface area (Å²) in [7, 11) is 0. The van der Waals surface area contributed by atoms with E-state index < -0.39 is 0 Å². The minimum Gasteiger partial charge on any atom is -0.486 e. The number of hydrogen-bond donors (Lipinski definition) is 1. The third-order valence-electron chi connectivity index (χ3n) is 3.20. The Labute approximate surface area is 122 Å². The maximum atomic E-state index is 5.95. The molecule has 1 heterocycles. The summed E-state index contributed by atoms with van der Waals surface area (Å²) >= 11 is 5.95. The molecular weight excluding hydrogens is 272 g/mol. The minimum absolute atomic E-state index is 0.414. The molecule has 0 spiro atoms. The molecule has 0 saturated carbocycles. The second-order valence-electron chi connectivity index (χ2n) is 4.63. The lowest BCUT2D eigenvalue weighted by atomic mass is 10.2. The van der Waals surface area contributed by atoms with Gasteiger partial charge in [-0.3, -0.25) is 0 Å². The molecule has 0 fully saturated rings. The number of halogens is 1. The van der Waals surface area contributed by atoms with E-state index in [4.69, 9.17) is 16.3 Å². The number of aryl methyl sites for hydroxylation is 1. The zero-order chi connectivity index (χ0) is 13.9. The molecule has 20 heavy (non-hydrogen) atoms. The second-order valence-corrected chi connectivity index (χ2v) is 5.07. The average Bonchev–Trinajstić information content (AvgIpc) is 2.87. The molecule has 3 rings (SSSR count). The van der Waals surface area contributed by atoms with Crippen LogP contribution in [-0.4, -0.2) is 9.97 Å². The Bertz CT molecular complexity index is 719. The van der Waals surface area contributed by atoms with E-state index in [-0.39, 0.29) is 0 Å². The lowest BCUT2D eigenvalue weighted by Crippen LogP contribution is -1.97. The summed E-state index contributed by atoms with van der Waals surface area (Å²) < 4.78 is 5.72. The number of fused-ring (bicyclic) bond motifs is 1. The van der Waals surface area contributed by atoms with Crippen molar-refractivity contribution in [2.24, 2.45) is 0 Å². The Hall–Kier alpha value is -2.00. The predicted molar refractivity (Wildman–Crippen MR) is 81.3 cm³/mol. The van der Waals surface area contributed by atoms with E-state index in [1.165, 1.54) is 5.56 Å². The summed E-state index contributed by atoms with van der Waals surface area (Å²) in [6.45, 7) is 2.55. The first-order chi connectivity index (χ1) is 9.74. The van der Waals surface area contributed by atoms with Gasteiger partial charge in [0.15, 0.2) is 0 Å². The van der Waals surface area contributed by atoms with Gasteiger partial charge in [0.2, 0.25) is 0 Å². The number of rotatable bonds is 4. The summed E-state index contributed by atoms with van der Waals surface area (Å²) in [6, 6.07) is 13.7. The van der Waals surface area contributed by atoms with Gasteiger partial charge in [0.25, 0.3) is 0 Å². The van der Waals surface area contributed by atoms with Crippen molar-refractivity contribution >= 4 is 22.6 Å². The number of hydrogen-bond acceptors (Lipinski definition) is 2. The standard InChI is InChI=1S/C16H15ClN2O/c1-2-11-3-6-13(7-4-11)20-10-16-18-14-8-5-12(17)9-15(14)19-16/h3-9H,2,10H2,1H3,(H,18,19). The highest BCUT2D eigenvalue weighted by Gasteiger charge is 2.04. The fraction of sp³-hybridized carbons (Fsp3) is 0.188. The van der Waals surface area contributed by atoms with Crippen LogP contribution in [0.1, 0.15) is 18.3 Å². The Morgan fingerprint density at radius 2 is 1.95 bits per heavy atom. The summed E-state index contributed by atoms with van der Waals surface area (Å²) in [5.41, 5.74) is 3.13. The molecule has 3 aromatic rings. The van der Waals surface area contributed by atoms with Crippen LogP contribution < -0.4 is 4.74 Å². The van der Waals surface area contributed by atoms with Crippen LogP contribution in [0.15, 0.2) is 42.5 Å². The van der Waals surface area contributed by atoms with Gasteiger partial charge in [-0.2, -0.15) is 0 Å². The molecule has 0 saturated heterocycles. The molecule has 0 radical (unpaired) electrons. The number of nitrogens with one attached hydrogen (secondary N) is 1. The zero-order valence-electron chi connectivity index (χ0n) is 11.2. The lowest BCUT2D eigenvalue weighted by molar-refractivity contribution is 0.297. The molecule has 0 atom stereocenters. The van der Waals surface area contributed by atoms with E-state index in [0.29, 0.717) is 11.6 Å². The molecule has 4 heteroatoms. The van der Waals surface area contributed by atoms with Gasteiger partial charge in [-0.25, -0.2) is 4.98 Å². The molecule has 0 bridgehead atoms. The van der Waals surface area contributed by atoms with Gasteiger partial charge in [0.05, 0.1) is 11.0 Å². The van der Waals surface area contributed by atoms with Crippen LogP contribution >= 0.6 is 11.6 Å². The highest BCUT2D eigenvalue weighted by Crippen LogP contribution is 2.18. The van der Waals surface area contributed by atoms with Crippen LogP contribution in [0.3, 0.4) is 0 Å². The van der Waals surface area contributed by atoms with Crippen molar-refractivity contribution in [1.29, 1.82) is 0 Å². The van der Waals surface area contributed by atoms with Gasteiger partial charge < -0.3 is 9.72 Å². The van der Waals surface area contributed by atoms with Crippen LogP contribution in [-0.2, 0) is 13.0 Å². The number of aromatic amines is 1. The number of benzene rings is 2. The number of aromatic nitrogens is 2. The minimum atomic E-state index is 0.414. The molecule has 2 aromatic carbocycles. The molecule has 102 valence electrons. The van der Waals surface area contributed by atoms with Crippen molar-refractivity contribution < 1.29 is 4.74 Å². The Kier molecular flexibility index (Phi) is 3.61. The van der Waals surface area contributed by atoms with E-state index in [1.807, 2.05) is 30.3 Å². The van der Waals surface area contributed by atoms with Crippen LogP contribution in [0.4, 0.5) is 0 Å². The van der Waals surface area contributed by atoms with E-state index in [2.05, 4.69) is 29.0 Å². The maximum absolute atomic E-state index is 5.95. The van der Waals surface area contributed by atoms with Gasteiger partial charge in [0.1, 0.15) is 18.2 Å². The molecule has 0 aliphatic carbocycles. The van der Waals surface area contributed by atoms with E-state index in [1.54, 1.807) is 0 Å². The largest absolute Gasteiger partial charge is 0.486 e. The monoisotopic (exact) mass is 286 g/mol. The first-order valence-electron chi connectivity index (χ1n) is 6.60. The molecule has 1 N–H and O–H groups in total. The van der Waals surface area contributed by atoms with E-state index >= 15 is 0 Å². The van der Waals surface area contributed by atoms with Crippen molar-refractivity contribution in [3.8, 4) is 5.75 Å². The van der Waals surface area contributed by atoms with Crippen LogP contribution in [0.5, 0.6) is 5.75 Å². The first kappa shape index (κ1) is 13.0.